The fourth-order valence-electron chi connectivity index (χ4n) is 4.29. The van der Waals surface area contributed by atoms with Gasteiger partial charge in [-0.15, -0.1) is 0 Å². The van der Waals surface area contributed by atoms with Crippen LogP contribution in [0.5, 0.6) is 0 Å². The van der Waals surface area contributed by atoms with Crippen molar-refractivity contribution in [3.8, 4) is 0 Å². The van der Waals surface area contributed by atoms with Crippen LogP contribution in [0.4, 0.5) is 5.82 Å². The van der Waals surface area contributed by atoms with E-state index in [1.807, 2.05) is 26.2 Å². The summed E-state index contributed by atoms with van der Waals surface area (Å²) in [6.45, 7) is 2.58. The van der Waals surface area contributed by atoms with E-state index in [9.17, 15) is 8.42 Å². The molecule has 148 valence electrons. The van der Waals surface area contributed by atoms with Gasteiger partial charge in [-0.05, 0) is 38.2 Å². The summed E-state index contributed by atoms with van der Waals surface area (Å²) in [5.41, 5.74) is 0.819. The van der Waals surface area contributed by atoms with Gasteiger partial charge in [-0.3, -0.25) is 0 Å². The summed E-state index contributed by atoms with van der Waals surface area (Å²) in [6.07, 6.45) is 5.87. The van der Waals surface area contributed by atoms with E-state index in [-0.39, 0.29) is 23.8 Å². The Morgan fingerprint density at radius 1 is 1.30 bits per heavy atom. The molecule has 0 bridgehead atoms. The van der Waals surface area contributed by atoms with Gasteiger partial charge in [-0.25, -0.2) is 18.4 Å². The van der Waals surface area contributed by atoms with Crippen molar-refractivity contribution in [1.29, 1.82) is 0 Å². The number of anilines is 1. The van der Waals surface area contributed by atoms with E-state index >= 15 is 0 Å². The third-order valence-electron chi connectivity index (χ3n) is 6.11. The van der Waals surface area contributed by atoms with Gasteiger partial charge in [0.15, 0.2) is 0 Å². The van der Waals surface area contributed by atoms with Crippen molar-refractivity contribution in [2.75, 3.05) is 31.4 Å². The average molecular weight is 394 g/mol. The second-order valence-corrected chi connectivity index (χ2v) is 9.84. The monoisotopic (exact) mass is 393 g/mol. The molecule has 2 atom stereocenters. The fraction of sp³-hybridized carbons (Fsp3) is 0.667. The van der Waals surface area contributed by atoms with E-state index in [1.54, 1.807) is 13.4 Å². The summed E-state index contributed by atoms with van der Waals surface area (Å²) in [5, 5.41) is 0.992. The van der Waals surface area contributed by atoms with Crippen molar-refractivity contribution in [2.45, 2.75) is 44.4 Å². The smallest absolute Gasteiger partial charge is 0.214 e. The molecule has 2 fully saturated rings. The van der Waals surface area contributed by atoms with Gasteiger partial charge in [0.25, 0.3) is 0 Å². The molecule has 0 radical (unpaired) electrons. The van der Waals surface area contributed by atoms with Crippen molar-refractivity contribution in [3.05, 3.63) is 18.6 Å². The lowest BCUT2D eigenvalue weighted by Gasteiger charge is -2.42. The first-order valence-electron chi connectivity index (χ1n) is 9.45. The van der Waals surface area contributed by atoms with Crippen LogP contribution < -0.4 is 4.90 Å². The van der Waals surface area contributed by atoms with Crippen molar-refractivity contribution < 1.29 is 13.2 Å². The normalized spacial score (nSPS) is 28.6. The number of aromatic nitrogens is 3. The zero-order valence-corrected chi connectivity index (χ0v) is 16.8. The Bertz CT molecular complexity index is 909. The number of rotatable bonds is 6. The molecule has 1 aliphatic heterocycles. The Hall–Kier alpha value is -1.71. The summed E-state index contributed by atoms with van der Waals surface area (Å²) < 4.78 is 32.6. The number of aromatic amines is 1. The summed E-state index contributed by atoms with van der Waals surface area (Å²) in [6, 6.07) is 2.23. The third-order valence-corrected chi connectivity index (χ3v) is 8.15. The van der Waals surface area contributed by atoms with Gasteiger partial charge in [0.2, 0.25) is 10.0 Å². The quantitative estimate of drug-likeness (QED) is 0.802. The fourth-order valence-corrected chi connectivity index (χ4v) is 6.08. The molecule has 1 saturated carbocycles. The number of hydrogen-bond donors (Lipinski definition) is 1. The Kier molecular flexibility index (Phi) is 4.85. The van der Waals surface area contributed by atoms with Gasteiger partial charge in [0.05, 0.1) is 23.3 Å². The molecule has 1 N–H and O–H groups in total. The number of fused-ring (bicyclic) bond motifs is 1. The molecule has 9 heteroatoms. The molecular formula is C18H27N5O3S. The Morgan fingerprint density at radius 3 is 2.78 bits per heavy atom. The van der Waals surface area contributed by atoms with Crippen LogP contribution in [0.1, 0.15) is 26.2 Å². The minimum atomic E-state index is -3.27. The molecule has 2 aromatic heterocycles. The number of sulfonamides is 1. The first-order valence-corrected chi connectivity index (χ1v) is 11.1. The van der Waals surface area contributed by atoms with E-state index in [0.717, 1.165) is 36.1 Å². The zero-order chi connectivity index (χ0) is 19.2. The zero-order valence-electron chi connectivity index (χ0n) is 16.0. The van der Waals surface area contributed by atoms with Crippen LogP contribution in [-0.2, 0) is 14.8 Å². The summed E-state index contributed by atoms with van der Waals surface area (Å²) >= 11 is 0. The first kappa shape index (κ1) is 18.6. The molecule has 0 aromatic carbocycles. The van der Waals surface area contributed by atoms with Gasteiger partial charge in [-0.1, -0.05) is 0 Å². The average Bonchev–Trinajstić information content (AvgIpc) is 3.24. The van der Waals surface area contributed by atoms with Crippen molar-refractivity contribution in [2.24, 2.45) is 5.92 Å². The maximum Gasteiger partial charge on any atom is 0.214 e. The maximum atomic E-state index is 12.8. The van der Waals surface area contributed by atoms with Crippen LogP contribution in [0.15, 0.2) is 18.6 Å². The highest BCUT2D eigenvalue weighted by molar-refractivity contribution is 7.89. The van der Waals surface area contributed by atoms with Gasteiger partial charge >= 0.3 is 0 Å². The Morgan fingerprint density at radius 2 is 2.07 bits per heavy atom. The molecule has 4 rings (SSSR count). The predicted octanol–water partition coefficient (Wildman–Crippen LogP) is 1.61. The second kappa shape index (κ2) is 7.03. The number of nitrogens with one attached hydrogen (secondary N) is 1. The van der Waals surface area contributed by atoms with Gasteiger partial charge in [0.1, 0.15) is 17.8 Å². The van der Waals surface area contributed by atoms with Crippen molar-refractivity contribution in [1.82, 2.24) is 19.3 Å². The van der Waals surface area contributed by atoms with Gasteiger partial charge < -0.3 is 14.6 Å². The number of hydrogen-bond acceptors (Lipinski definition) is 6. The minimum Gasteiger partial charge on any atom is -0.377 e. The largest absolute Gasteiger partial charge is 0.377 e. The first-order chi connectivity index (χ1) is 12.9. The summed E-state index contributed by atoms with van der Waals surface area (Å²) in [4.78, 5) is 13.9. The molecule has 27 heavy (non-hydrogen) atoms. The molecule has 1 aliphatic carbocycles. The van der Waals surface area contributed by atoms with Crippen molar-refractivity contribution >= 4 is 26.9 Å². The standard InChI is InChI=1S/C18H27N5O3S/c1-12-16(5-7-26-12)23(3)27(24,25)10-13-8-14(9-13)22(2)18-15-4-6-19-17(15)20-11-21-18/h4,6,11-14,16H,5,7-10H2,1-3H3,(H,19,20,21)/t12-,13-,14+,16-/m0/s1. The summed E-state index contributed by atoms with van der Waals surface area (Å²) in [5.74, 6) is 1.29. The highest BCUT2D eigenvalue weighted by Crippen LogP contribution is 2.36. The van der Waals surface area contributed by atoms with Crippen LogP contribution in [-0.4, -0.2) is 72.3 Å². The van der Waals surface area contributed by atoms with E-state index in [1.165, 1.54) is 4.31 Å². The minimum absolute atomic E-state index is 0.0356. The SMILES string of the molecule is C[C@@H]1OCC[C@@H]1N(C)S(=O)(=O)C[C@H]1C[C@@H](N(C)c2ncnc3[nH]ccc23)C1. The lowest BCUT2D eigenvalue weighted by molar-refractivity contribution is 0.102. The Balaban J connectivity index is 1.37. The molecule has 2 aromatic rings. The van der Waals surface area contributed by atoms with E-state index in [2.05, 4.69) is 19.9 Å². The van der Waals surface area contributed by atoms with E-state index < -0.39 is 10.0 Å². The summed E-state index contributed by atoms with van der Waals surface area (Å²) in [7, 11) is 0.441. The molecule has 0 amide bonds. The van der Waals surface area contributed by atoms with E-state index in [0.29, 0.717) is 12.6 Å². The molecule has 0 spiro atoms. The topological polar surface area (TPSA) is 91.4 Å². The number of nitrogens with zero attached hydrogens (tertiary/aromatic N) is 4. The molecule has 3 heterocycles. The lowest BCUT2D eigenvalue weighted by Crippen LogP contribution is -2.48. The van der Waals surface area contributed by atoms with Crippen LogP contribution in [0.25, 0.3) is 11.0 Å². The molecular weight excluding hydrogens is 366 g/mol. The lowest BCUT2D eigenvalue weighted by atomic mass is 9.81. The molecule has 8 nitrogen and oxygen atoms in total. The highest BCUT2D eigenvalue weighted by atomic mass is 32.2. The van der Waals surface area contributed by atoms with Gasteiger partial charge in [0, 0.05) is 32.9 Å². The number of likely N-dealkylation sites (N-methyl/N-ethyl adjacent to an activating group) is 1. The van der Waals surface area contributed by atoms with Gasteiger partial charge in [-0.2, -0.15) is 4.31 Å². The maximum absolute atomic E-state index is 12.8. The van der Waals surface area contributed by atoms with Crippen LogP contribution in [0.3, 0.4) is 0 Å². The van der Waals surface area contributed by atoms with Crippen LogP contribution >= 0.6 is 0 Å². The second-order valence-electron chi connectivity index (χ2n) is 7.77. The molecule has 0 unspecified atom stereocenters. The van der Waals surface area contributed by atoms with Crippen LogP contribution in [0.2, 0.25) is 0 Å². The molecule has 1 saturated heterocycles. The number of ether oxygens (including phenoxy) is 1. The van der Waals surface area contributed by atoms with Crippen molar-refractivity contribution in [3.63, 3.8) is 0 Å². The molecule has 2 aliphatic rings. The third kappa shape index (κ3) is 3.43. The predicted molar refractivity (Wildman–Crippen MR) is 104 cm³/mol. The number of H-pyrrole nitrogens is 1. The Labute approximate surface area is 160 Å². The van der Waals surface area contributed by atoms with E-state index in [4.69, 9.17) is 4.74 Å². The van der Waals surface area contributed by atoms with Crippen LogP contribution in [0, 0.1) is 5.92 Å². The highest BCUT2D eigenvalue weighted by Gasteiger charge is 2.40.